The average Bonchev–Trinajstić information content (AvgIpc) is 2.32. The molecule has 0 aliphatic carbocycles. The minimum atomic E-state index is -0.0866. The molecule has 0 radical (unpaired) electrons. The van der Waals surface area contributed by atoms with Crippen LogP contribution in [0.5, 0.6) is 0 Å². The lowest BCUT2D eigenvalue weighted by Crippen LogP contribution is -2.24. The molecule has 0 aliphatic rings. The number of carbonyl (C=O) groups excluding carboxylic acids is 1. The minimum absolute atomic E-state index is 0.00442. The van der Waals surface area contributed by atoms with Crippen molar-refractivity contribution >= 4 is 5.91 Å². The van der Waals surface area contributed by atoms with Gasteiger partial charge in [-0.3, -0.25) is 9.78 Å². The Bertz CT molecular complexity index is 473. The average molecular weight is 274 g/mol. The van der Waals surface area contributed by atoms with Gasteiger partial charge in [0.2, 0.25) is 0 Å². The topological polar surface area (TPSA) is 42.0 Å². The molecule has 0 spiro atoms. The number of amides is 1. The van der Waals surface area contributed by atoms with Crippen molar-refractivity contribution in [3.63, 3.8) is 0 Å². The number of nitrogens with one attached hydrogen (secondary N) is 1. The van der Waals surface area contributed by atoms with Crippen molar-refractivity contribution < 1.29 is 4.79 Å². The monoisotopic (exact) mass is 274 g/mol. The van der Waals surface area contributed by atoms with E-state index in [4.69, 9.17) is 0 Å². The molecule has 3 nitrogen and oxygen atoms in total. The van der Waals surface area contributed by atoms with Gasteiger partial charge in [0.15, 0.2) is 0 Å². The first-order valence-corrected chi connectivity index (χ1v) is 7.02. The van der Waals surface area contributed by atoms with E-state index in [1.54, 1.807) is 6.20 Å². The second kappa shape index (κ2) is 6.21. The molecule has 1 aromatic rings. The quantitative estimate of drug-likeness (QED) is 0.854. The maximum atomic E-state index is 11.9. The van der Waals surface area contributed by atoms with E-state index in [0.717, 1.165) is 5.69 Å². The second-order valence-corrected chi connectivity index (χ2v) is 7.16. The van der Waals surface area contributed by atoms with Crippen molar-refractivity contribution in [1.29, 1.82) is 0 Å². The normalized spacial score (nSPS) is 12.7. The van der Waals surface area contributed by atoms with Gasteiger partial charge in [-0.2, -0.15) is 0 Å². The summed E-state index contributed by atoms with van der Waals surface area (Å²) in [4.78, 5) is 16.3. The number of carbonyl (C=O) groups is 1. The van der Waals surface area contributed by atoms with Crippen molar-refractivity contribution in [3.05, 3.63) is 41.7 Å². The molecule has 1 amide bonds. The number of nitrogens with zero attached hydrogens (tertiary/aromatic N) is 1. The van der Waals surface area contributed by atoms with Crippen LogP contribution in [0, 0.1) is 5.41 Å². The summed E-state index contributed by atoms with van der Waals surface area (Å²) in [6.45, 7) is 13.2. The Kier molecular flexibility index (Phi) is 5.09. The SMILES string of the molecule is CC(C)(C)/C=C/CNC(=O)c1ccc(C(C)(C)C)nc1. The van der Waals surface area contributed by atoms with E-state index in [1.165, 1.54) is 0 Å². The standard InChI is InChI=1S/C17H26N2O/c1-16(2,3)10-7-11-18-15(20)13-8-9-14(19-12-13)17(4,5)6/h7-10,12H,11H2,1-6H3,(H,18,20)/b10-7+. The zero-order valence-corrected chi connectivity index (χ0v) is 13.4. The number of aromatic nitrogens is 1. The van der Waals surface area contributed by atoms with Crippen molar-refractivity contribution in [1.82, 2.24) is 10.3 Å². The Morgan fingerprint density at radius 3 is 2.30 bits per heavy atom. The Balaban J connectivity index is 2.59. The first-order chi connectivity index (χ1) is 9.09. The maximum absolute atomic E-state index is 11.9. The van der Waals surface area contributed by atoms with Gasteiger partial charge in [-0.1, -0.05) is 53.7 Å². The van der Waals surface area contributed by atoms with E-state index in [2.05, 4.69) is 57.9 Å². The highest BCUT2D eigenvalue weighted by Crippen LogP contribution is 2.19. The van der Waals surface area contributed by atoms with Crippen LogP contribution in [0.25, 0.3) is 0 Å². The lowest BCUT2D eigenvalue weighted by molar-refractivity contribution is 0.0957. The first-order valence-electron chi connectivity index (χ1n) is 7.02. The molecule has 1 N–H and O–H groups in total. The van der Waals surface area contributed by atoms with E-state index < -0.39 is 0 Å². The van der Waals surface area contributed by atoms with Gasteiger partial charge in [-0.05, 0) is 17.5 Å². The van der Waals surface area contributed by atoms with Crippen LogP contribution in [0.1, 0.15) is 57.6 Å². The molecule has 0 saturated carbocycles. The zero-order valence-electron chi connectivity index (χ0n) is 13.4. The van der Waals surface area contributed by atoms with Crippen LogP contribution in [0.4, 0.5) is 0 Å². The third-order valence-electron chi connectivity index (χ3n) is 2.79. The highest BCUT2D eigenvalue weighted by atomic mass is 16.1. The molecule has 3 heteroatoms. The number of rotatable bonds is 3. The van der Waals surface area contributed by atoms with Crippen LogP contribution in [-0.2, 0) is 5.41 Å². The molecule has 1 heterocycles. The Morgan fingerprint density at radius 2 is 1.85 bits per heavy atom. The van der Waals surface area contributed by atoms with Crippen molar-refractivity contribution in [2.24, 2.45) is 5.41 Å². The number of hydrogen-bond acceptors (Lipinski definition) is 2. The van der Waals surface area contributed by atoms with Gasteiger partial charge in [0.1, 0.15) is 0 Å². The summed E-state index contributed by atoms with van der Waals surface area (Å²) in [7, 11) is 0. The predicted octanol–water partition coefficient (Wildman–Crippen LogP) is 3.71. The zero-order chi connectivity index (χ0) is 15.4. The molecular formula is C17H26N2O. The van der Waals surface area contributed by atoms with E-state index in [-0.39, 0.29) is 16.7 Å². The fourth-order valence-corrected chi connectivity index (χ4v) is 1.64. The highest BCUT2D eigenvalue weighted by Gasteiger charge is 2.15. The Hall–Kier alpha value is -1.64. The summed E-state index contributed by atoms with van der Waals surface area (Å²) in [5, 5.41) is 2.86. The summed E-state index contributed by atoms with van der Waals surface area (Å²) in [6, 6.07) is 3.75. The van der Waals surface area contributed by atoms with Crippen molar-refractivity contribution in [3.8, 4) is 0 Å². The smallest absolute Gasteiger partial charge is 0.253 e. The van der Waals surface area contributed by atoms with Gasteiger partial charge in [0, 0.05) is 23.9 Å². The van der Waals surface area contributed by atoms with Gasteiger partial charge in [-0.25, -0.2) is 0 Å². The van der Waals surface area contributed by atoms with Gasteiger partial charge in [-0.15, -0.1) is 0 Å². The molecule has 1 rings (SSSR count). The van der Waals surface area contributed by atoms with Gasteiger partial charge >= 0.3 is 0 Å². The van der Waals surface area contributed by atoms with Crippen LogP contribution in [0.2, 0.25) is 0 Å². The van der Waals surface area contributed by atoms with Crippen LogP contribution < -0.4 is 5.32 Å². The summed E-state index contributed by atoms with van der Waals surface area (Å²) in [5.74, 6) is -0.0866. The van der Waals surface area contributed by atoms with Gasteiger partial charge in [0.05, 0.1) is 5.56 Å². The molecule has 0 atom stereocenters. The van der Waals surface area contributed by atoms with E-state index >= 15 is 0 Å². The molecule has 0 saturated heterocycles. The summed E-state index contributed by atoms with van der Waals surface area (Å²) in [5.41, 5.74) is 1.73. The first kappa shape index (κ1) is 16.4. The molecular weight excluding hydrogens is 248 g/mol. The summed E-state index contributed by atoms with van der Waals surface area (Å²) >= 11 is 0. The van der Waals surface area contributed by atoms with E-state index in [9.17, 15) is 4.79 Å². The van der Waals surface area contributed by atoms with Gasteiger partial charge < -0.3 is 5.32 Å². The molecule has 0 unspecified atom stereocenters. The second-order valence-electron chi connectivity index (χ2n) is 7.16. The Labute approximate surface area is 122 Å². The molecule has 110 valence electrons. The molecule has 20 heavy (non-hydrogen) atoms. The number of allylic oxidation sites excluding steroid dienone is 1. The third kappa shape index (κ3) is 5.55. The lowest BCUT2D eigenvalue weighted by Gasteiger charge is -2.17. The molecule has 0 bridgehead atoms. The third-order valence-corrected chi connectivity index (χ3v) is 2.79. The largest absolute Gasteiger partial charge is 0.349 e. The van der Waals surface area contributed by atoms with Crippen LogP contribution in [-0.4, -0.2) is 17.4 Å². The lowest BCUT2D eigenvalue weighted by atomic mass is 9.91. The molecule has 0 aliphatic heterocycles. The molecule has 0 aromatic carbocycles. The highest BCUT2D eigenvalue weighted by molar-refractivity contribution is 5.93. The van der Waals surface area contributed by atoms with Gasteiger partial charge in [0.25, 0.3) is 5.91 Å². The number of hydrogen-bond donors (Lipinski definition) is 1. The molecule has 0 fully saturated rings. The van der Waals surface area contributed by atoms with Crippen molar-refractivity contribution in [2.75, 3.05) is 6.54 Å². The van der Waals surface area contributed by atoms with Crippen LogP contribution >= 0.6 is 0 Å². The Morgan fingerprint density at radius 1 is 1.20 bits per heavy atom. The van der Waals surface area contributed by atoms with Crippen molar-refractivity contribution in [2.45, 2.75) is 47.0 Å². The minimum Gasteiger partial charge on any atom is -0.349 e. The predicted molar refractivity (Wildman–Crippen MR) is 83.9 cm³/mol. The fraction of sp³-hybridized carbons (Fsp3) is 0.529. The summed E-state index contributed by atoms with van der Waals surface area (Å²) in [6.07, 6.45) is 5.71. The maximum Gasteiger partial charge on any atom is 0.253 e. The fourth-order valence-electron chi connectivity index (χ4n) is 1.64. The van der Waals surface area contributed by atoms with Crippen LogP contribution in [0.3, 0.4) is 0 Å². The van der Waals surface area contributed by atoms with E-state index in [1.807, 2.05) is 18.2 Å². The number of pyridine rings is 1. The summed E-state index contributed by atoms with van der Waals surface area (Å²) < 4.78 is 0. The molecule has 1 aromatic heterocycles. The van der Waals surface area contributed by atoms with E-state index in [0.29, 0.717) is 12.1 Å². The van der Waals surface area contributed by atoms with Crippen LogP contribution in [0.15, 0.2) is 30.5 Å².